The van der Waals surface area contributed by atoms with E-state index in [1.54, 1.807) is 41.3 Å². The zero-order chi connectivity index (χ0) is 48.8. The minimum absolute atomic E-state index is 0.00225. The maximum atomic E-state index is 10.0. The van der Waals surface area contributed by atoms with Gasteiger partial charge in [0.05, 0.1) is 27.6 Å². The molecule has 0 atom stereocenters. The smallest absolute Gasteiger partial charge is 0.143 e. The fourth-order valence-electron chi connectivity index (χ4n) is 7.23. The third-order valence-electron chi connectivity index (χ3n) is 9.58. The van der Waals surface area contributed by atoms with Gasteiger partial charge in [-0.05, 0) is 74.6 Å². The number of thiophene rings is 1. The number of fused-ring (bicyclic) bond motifs is 9. The molecule has 11 aromatic rings. The Labute approximate surface area is 332 Å². The quantitative estimate of drug-likeness (QED) is 0.165. The summed E-state index contributed by atoms with van der Waals surface area (Å²) < 4.78 is 148. The summed E-state index contributed by atoms with van der Waals surface area (Å²) in [6, 6.07) is 19.2. The summed E-state index contributed by atoms with van der Waals surface area (Å²) in [6.45, 7) is 0. The Bertz CT molecular complexity index is 4070. The van der Waals surface area contributed by atoms with Gasteiger partial charge in [-0.2, -0.15) is 0 Å². The van der Waals surface area contributed by atoms with E-state index >= 15 is 0 Å². The molecule has 248 valence electrons. The van der Waals surface area contributed by atoms with Crippen LogP contribution in [-0.4, -0.2) is 0 Å². The normalized spacial score (nSPS) is 16.0. The molecule has 0 saturated carbocycles. The monoisotopic (exact) mass is 709 g/mol. The lowest BCUT2D eigenvalue weighted by molar-refractivity contribution is 0.670. The molecule has 0 aliphatic carbocycles. The average molecular weight is 710 g/mol. The molecule has 2 nitrogen and oxygen atoms in total. The minimum Gasteiger partial charge on any atom is -0.455 e. The van der Waals surface area contributed by atoms with Crippen LogP contribution in [0.2, 0.25) is 0 Å². The topological polar surface area (TPSA) is 16.4 Å². The molecule has 3 heteroatoms. The second-order valence-corrected chi connectivity index (χ2v) is 13.5. The number of hydrogen-bond donors (Lipinski definition) is 0. The van der Waals surface area contributed by atoms with Crippen molar-refractivity contribution in [2.45, 2.75) is 0 Å². The fraction of sp³-hybridized carbons (Fsp3) is 0. The maximum absolute atomic E-state index is 10.0. The van der Waals surface area contributed by atoms with Crippen LogP contribution < -0.4 is 4.90 Å². The predicted molar refractivity (Wildman–Crippen MR) is 227 cm³/mol. The Morgan fingerprint density at radius 2 is 1.17 bits per heavy atom. The van der Waals surface area contributed by atoms with E-state index in [0.29, 0.717) is 27.7 Å². The number of para-hydroxylation sites is 1. The van der Waals surface area contributed by atoms with Crippen LogP contribution in [-0.2, 0) is 0 Å². The zero-order valence-corrected chi connectivity index (χ0v) is 28.2. The molecule has 0 unspecified atom stereocenters. The fourth-order valence-corrected chi connectivity index (χ4v) is 8.34. The highest BCUT2D eigenvalue weighted by atomic mass is 32.1. The Morgan fingerprint density at radius 1 is 0.491 bits per heavy atom. The number of hydrogen-bond acceptors (Lipinski definition) is 3. The lowest BCUT2D eigenvalue weighted by Crippen LogP contribution is -2.10. The molecule has 0 N–H and O–H groups in total. The molecule has 0 amide bonds. The van der Waals surface area contributed by atoms with Crippen molar-refractivity contribution in [1.82, 2.24) is 0 Å². The molecular weight excluding hydrogens is 663 g/mol. The summed E-state index contributed by atoms with van der Waals surface area (Å²) in [5, 5.41) is 4.82. The van der Waals surface area contributed by atoms with Crippen molar-refractivity contribution < 1.29 is 26.3 Å². The average Bonchev–Trinajstić information content (AvgIpc) is 3.94. The van der Waals surface area contributed by atoms with Crippen LogP contribution in [0.5, 0.6) is 0 Å². The molecule has 0 aliphatic rings. The summed E-state index contributed by atoms with van der Waals surface area (Å²) in [6.07, 6.45) is 0. The van der Waals surface area contributed by atoms with E-state index in [0.717, 1.165) is 32.9 Å². The molecule has 53 heavy (non-hydrogen) atoms. The summed E-state index contributed by atoms with van der Waals surface area (Å²) in [7, 11) is 0. The van der Waals surface area contributed by atoms with Crippen molar-refractivity contribution >= 4 is 92.1 Å². The number of nitrogens with zero attached hydrogens (tertiary/aromatic N) is 1. The third kappa shape index (κ3) is 4.78. The molecule has 2 heterocycles. The van der Waals surface area contributed by atoms with E-state index in [1.807, 2.05) is 54.6 Å². The minimum atomic E-state index is -0.668. The lowest BCUT2D eigenvalue weighted by Gasteiger charge is -2.27. The van der Waals surface area contributed by atoms with Crippen LogP contribution in [0.25, 0.3) is 85.9 Å². The molecule has 9 aromatic carbocycles. The SMILES string of the molecule is [2H]c1c([2H])c([2H])c(-c2cccc3c2oc2cc(N(c4ccc5ccc6ccccc6c5c4)c4c([2H])c([2H])c(-c5c([2H])c([2H])c([2H])c([2H])c5[2H])c5sc6c([2H])c([2H])c([2H])c([2H])c6c45)ccc23)c([2H])c1[2H]. The van der Waals surface area contributed by atoms with Gasteiger partial charge in [0.1, 0.15) is 11.2 Å². The van der Waals surface area contributed by atoms with Gasteiger partial charge in [-0.3, -0.25) is 0 Å². The summed E-state index contributed by atoms with van der Waals surface area (Å²) in [4.78, 5) is 1.69. The molecule has 0 aliphatic heterocycles. The van der Waals surface area contributed by atoms with E-state index in [2.05, 4.69) is 0 Å². The number of anilines is 3. The van der Waals surface area contributed by atoms with Gasteiger partial charge in [-0.1, -0.05) is 145 Å². The van der Waals surface area contributed by atoms with Crippen molar-refractivity contribution in [3.05, 3.63) is 188 Å². The molecule has 2 aromatic heterocycles. The van der Waals surface area contributed by atoms with E-state index in [-0.39, 0.29) is 53.7 Å². The van der Waals surface area contributed by atoms with Crippen LogP contribution in [0.1, 0.15) is 21.9 Å². The van der Waals surface area contributed by atoms with Gasteiger partial charge < -0.3 is 9.32 Å². The zero-order valence-electron chi connectivity index (χ0n) is 43.4. The van der Waals surface area contributed by atoms with Gasteiger partial charge >= 0.3 is 0 Å². The largest absolute Gasteiger partial charge is 0.455 e. The first-order chi connectivity index (χ1) is 32.9. The van der Waals surface area contributed by atoms with Crippen molar-refractivity contribution in [2.24, 2.45) is 0 Å². The highest BCUT2D eigenvalue weighted by molar-refractivity contribution is 7.26. The van der Waals surface area contributed by atoms with Crippen molar-refractivity contribution in [2.75, 3.05) is 4.90 Å². The van der Waals surface area contributed by atoms with Gasteiger partial charge in [0.25, 0.3) is 0 Å². The Balaban J connectivity index is 1.29. The summed E-state index contributed by atoms with van der Waals surface area (Å²) in [5.74, 6) is 0. The van der Waals surface area contributed by atoms with E-state index in [9.17, 15) is 4.11 Å². The summed E-state index contributed by atoms with van der Waals surface area (Å²) >= 11 is 0.875. The van der Waals surface area contributed by atoms with Gasteiger partial charge in [-0.25, -0.2) is 0 Å². The van der Waals surface area contributed by atoms with Gasteiger partial charge in [0.2, 0.25) is 0 Å². The molecule has 11 rings (SSSR count). The number of furan rings is 1. The standard InChI is InChI=1S/C50H31NOS/c1-3-12-32(13-4-1)39-19-11-20-42-41-27-26-37(31-46(41)52-49(39)42)51(36-25-24-35-23-22-34-16-7-8-17-38(34)44(35)30-36)45-29-28-40(33-14-5-2-6-15-33)50-48(45)43-18-9-10-21-47(43)53-50/h1-31H/i1D,2D,3D,4D,5D,6D,9D,10D,12D,13D,14D,15D,18D,21D,28D,29D. The highest BCUT2D eigenvalue weighted by Crippen LogP contribution is 2.49. The first kappa shape index (κ1) is 18.2. The van der Waals surface area contributed by atoms with Crippen LogP contribution in [0.15, 0.2) is 192 Å². The van der Waals surface area contributed by atoms with Crippen LogP contribution in [0.3, 0.4) is 0 Å². The van der Waals surface area contributed by atoms with Crippen LogP contribution >= 0.6 is 11.3 Å². The molecule has 0 fully saturated rings. The van der Waals surface area contributed by atoms with Gasteiger partial charge in [0, 0.05) is 53.9 Å². The van der Waals surface area contributed by atoms with Crippen molar-refractivity contribution in [1.29, 1.82) is 0 Å². The van der Waals surface area contributed by atoms with E-state index in [1.165, 1.54) is 0 Å². The lowest BCUT2D eigenvalue weighted by atomic mass is 9.99. The molecule has 0 spiro atoms. The summed E-state index contributed by atoms with van der Waals surface area (Å²) in [5.41, 5.74) is 0.995. The molecular formula is C50H31NOS. The first-order valence-electron chi connectivity index (χ1n) is 24.7. The Hall–Kier alpha value is -6.68. The maximum Gasteiger partial charge on any atom is 0.143 e. The third-order valence-corrected chi connectivity index (χ3v) is 10.7. The second kappa shape index (κ2) is 11.9. The van der Waals surface area contributed by atoms with Crippen molar-refractivity contribution in [3.63, 3.8) is 0 Å². The van der Waals surface area contributed by atoms with Gasteiger partial charge in [0.15, 0.2) is 0 Å². The second-order valence-electron chi connectivity index (χ2n) is 12.5. The van der Waals surface area contributed by atoms with Crippen molar-refractivity contribution in [3.8, 4) is 22.3 Å². The van der Waals surface area contributed by atoms with Crippen LogP contribution in [0.4, 0.5) is 17.1 Å². The number of rotatable bonds is 5. The molecule has 0 saturated heterocycles. The van der Waals surface area contributed by atoms with Crippen LogP contribution in [0, 0.1) is 0 Å². The first-order valence-corrected chi connectivity index (χ1v) is 17.5. The van der Waals surface area contributed by atoms with E-state index in [4.69, 9.17) is 22.2 Å². The van der Waals surface area contributed by atoms with Gasteiger partial charge in [-0.15, -0.1) is 11.3 Å². The Morgan fingerprint density at radius 3 is 2.02 bits per heavy atom. The number of benzene rings is 9. The van der Waals surface area contributed by atoms with E-state index < -0.39 is 96.7 Å². The Kier molecular flexibility index (Phi) is 4.10. The predicted octanol–water partition coefficient (Wildman–Crippen LogP) is 15.1. The highest BCUT2D eigenvalue weighted by Gasteiger charge is 2.23. The molecule has 0 bridgehead atoms. The molecule has 0 radical (unpaired) electrons.